The Kier molecular flexibility index (Phi) is 3.94. The molecule has 0 spiro atoms. The van der Waals surface area contributed by atoms with Crippen molar-refractivity contribution in [1.82, 2.24) is 0 Å². The predicted octanol–water partition coefficient (Wildman–Crippen LogP) is 3.53. The van der Waals surface area contributed by atoms with Gasteiger partial charge in [-0.25, -0.2) is 0 Å². The summed E-state index contributed by atoms with van der Waals surface area (Å²) in [6.07, 6.45) is 0.786. The number of hydrogen-bond donors (Lipinski definition) is 1. The van der Waals surface area contributed by atoms with Crippen LogP contribution in [0.25, 0.3) is 0 Å². The van der Waals surface area contributed by atoms with Crippen LogP contribution in [0.1, 0.15) is 24.5 Å². The van der Waals surface area contributed by atoms with Crippen LogP contribution < -0.4 is 4.90 Å². The Labute approximate surface area is 135 Å². The molecule has 3 rings (SSSR count). The average Bonchev–Trinajstić information content (AvgIpc) is 2.50. The second-order valence-corrected chi connectivity index (χ2v) is 6.26. The largest absolute Gasteiger partial charge is 0.385 e. The smallest absolute Gasteiger partial charge is 0.231 e. The summed E-state index contributed by atoms with van der Waals surface area (Å²) in [4.78, 5) is 14.4. The first-order valence-electron chi connectivity index (χ1n) is 7.35. The van der Waals surface area contributed by atoms with Gasteiger partial charge < -0.3 is 10.0 Å². The van der Waals surface area contributed by atoms with E-state index in [9.17, 15) is 9.90 Å². The summed E-state index contributed by atoms with van der Waals surface area (Å²) in [6, 6.07) is 14.9. The fraction of sp³-hybridized carbons (Fsp3) is 0.278. The molecule has 0 aliphatic carbocycles. The van der Waals surface area contributed by atoms with Crippen LogP contribution >= 0.6 is 11.6 Å². The lowest BCUT2D eigenvalue weighted by Crippen LogP contribution is -2.42. The Bertz CT molecular complexity index is 712. The number of hydrogen-bond acceptors (Lipinski definition) is 2. The van der Waals surface area contributed by atoms with E-state index in [2.05, 4.69) is 0 Å². The van der Waals surface area contributed by atoms with Gasteiger partial charge in [-0.3, -0.25) is 4.79 Å². The van der Waals surface area contributed by atoms with Crippen molar-refractivity contribution >= 4 is 23.2 Å². The molecule has 0 bridgehead atoms. The van der Waals surface area contributed by atoms with Gasteiger partial charge in [-0.15, -0.1) is 0 Å². The molecule has 0 saturated carbocycles. The molecule has 1 N–H and O–H groups in total. The second kappa shape index (κ2) is 5.75. The fourth-order valence-corrected chi connectivity index (χ4v) is 3.11. The van der Waals surface area contributed by atoms with E-state index in [1.165, 1.54) is 0 Å². The summed E-state index contributed by atoms with van der Waals surface area (Å²) in [5.74, 6) is -0.00366. The third kappa shape index (κ3) is 2.74. The highest BCUT2D eigenvalue weighted by Crippen LogP contribution is 2.38. The van der Waals surface area contributed by atoms with E-state index >= 15 is 0 Å². The number of benzene rings is 2. The van der Waals surface area contributed by atoms with Gasteiger partial charge in [-0.1, -0.05) is 48.0 Å². The van der Waals surface area contributed by atoms with Crippen LogP contribution in [0, 0.1) is 0 Å². The predicted molar refractivity (Wildman–Crippen MR) is 88.1 cm³/mol. The van der Waals surface area contributed by atoms with Crippen LogP contribution in [0.5, 0.6) is 0 Å². The van der Waals surface area contributed by atoms with E-state index in [-0.39, 0.29) is 12.3 Å². The number of amides is 1. The Hall–Kier alpha value is -1.84. The van der Waals surface area contributed by atoms with Crippen molar-refractivity contribution in [1.29, 1.82) is 0 Å². The van der Waals surface area contributed by atoms with Gasteiger partial charge in [0, 0.05) is 22.8 Å². The van der Waals surface area contributed by atoms with Gasteiger partial charge in [-0.05, 0) is 31.0 Å². The number of aliphatic hydroxyl groups is 1. The normalized spacial score (nSPS) is 20.6. The standard InChI is InChI=1S/C18H18ClNO2/c1-18(22)10-11-20(16-9-5-3-7-14(16)18)17(21)12-13-6-2-4-8-15(13)19/h2-9,22H,10-12H2,1H3. The van der Waals surface area contributed by atoms with Crippen molar-refractivity contribution < 1.29 is 9.90 Å². The summed E-state index contributed by atoms with van der Waals surface area (Å²) in [7, 11) is 0. The Balaban J connectivity index is 1.90. The van der Waals surface area contributed by atoms with Crippen molar-refractivity contribution in [3.63, 3.8) is 0 Å². The molecule has 1 aliphatic rings. The average molecular weight is 316 g/mol. The zero-order valence-corrected chi connectivity index (χ0v) is 13.2. The minimum Gasteiger partial charge on any atom is -0.385 e. The zero-order chi connectivity index (χ0) is 15.7. The molecule has 4 heteroatoms. The Morgan fingerprint density at radius 3 is 2.68 bits per heavy atom. The molecular weight excluding hydrogens is 298 g/mol. The highest BCUT2D eigenvalue weighted by molar-refractivity contribution is 6.31. The van der Waals surface area contributed by atoms with Gasteiger partial charge in [-0.2, -0.15) is 0 Å². The summed E-state index contributed by atoms with van der Waals surface area (Å²) < 4.78 is 0. The van der Waals surface area contributed by atoms with Crippen LogP contribution in [0.4, 0.5) is 5.69 Å². The number of para-hydroxylation sites is 1. The lowest BCUT2D eigenvalue weighted by Gasteiger charge is -2.38. The molecule has 2 aromatic carbocycles. The molecule has 0 aromatic heterocycles. The number of fused-ring (bicyclic) bond motifs is 1. The topological polar surface area (TPSA) is 40.5 Å². The maximum absolute atomic E-state index is 12.7. The molecule has 1 amide bonds. The summed E-state index contributed by atoms with van der Waals surface area (Å²) in [5.41, 5.74) is 1.52. The van der Waals surface area contributed by atoms with E-state index in [1.807, 2.05) is 42.5 Å². The molecule has 22 heavy (non-hydrogen) atoms. The lowest BCUT2D eigenvalue weighted by atomic mass is 9.87. The van der Waals surface area contributed by atoms with Crippen molar-refractivity contribution in [3.8, 4) is 0 Å². The van der Waals surface area contributed by atoms with Gasteiger partial charge >= 0.3 is 0 Å². The maximum atomic E-state index is 12.7. The number of anilines is 1. The van der Waals surface area contributed by atoms with Gasteiger partial charge in [0.15, 0.2) is 0 Å². The first kappa shape index (κ1) is 15.1. The molecule has 0 saturated heterocycles. The van der Waals surface area contributed by atoms with Gasteiger partial charge in [0.2, 0.25) is 5.91 Å². The minimum absolute atomic E-state index is 0.00366. The zero-order valence-electron chi connectivity index (χ0n) is 12.4. The van der Waals surface area contributed by atoms with Crippen LogP contribution in [0.3, 0.4) is 0 Å². The Morgan fingerprint density at radius 1 is 1.23 bits per heavy atom. The summed E-state index contributed by atoms with van der Waals surface area (Å²) >= 11 is 6.14. The highest BCUT2D eigenvalue weighted by atomic mass is 35.5. The number of carbonyl (C=O) groups excluding carboxylic acids is 1. The van der Waals surface area contributed by atoms with E-state index in [0.717, 1.165) is 16.8 Å². The number of rotatable bonds is 2. The van der Waals surface area contributed by atoms with E-state index in [4.69, 9.17) is 11.6 Å². The quantitative estimate of drug-likeness (QED) is 0.921. The maximum Gasteiger partial charge on any atom is 0.231 e. The number of carbonyl (C=O) groups is 1. The third-order valence-corrected chi connectivity index (χ3v) is 4.57. The van der Waals surface area contributed by atoms with Crippen LogP contribution in [-0.4, -0.2) is 17.6 Å². The monoisotopic (exact) mass is 315 g/mol. The lowest BCUT2D eigenvalue weighted by molar-refractivity contribution is -0.118. The Morgan fingerprint density at radius 2 is 1.91 bits per heavy atom. The molecule has 0 radical (unpaired) electrons. The van der Waals surface area contributed by atoms with Crippen LogP contribution in [0.2, 0.25) is 5.02 Å². The molecule has 1 atom stereocenters. The first-order valence-corrected chi connectivity index (χ1v) is 7.72. The van der Waals surface area contributed by atoms with Gasteiger partial charge in [0.25, 0.3) is 0 Å². The highest BCUT2D eigenvalue weighted by Gasteiger charge is 2.34. The van der Waals surface area contributed by atoms with E-state index in [0.29, 0.717) is 18.0 Å². The van der Waals surface area contributed by atoms with Crippen molar-refractivity contribution in [2.24, 2.45) is 0 Å². The summed E-state index contributed by atoms with van der Waals surface area (Å²) in [6.45, 7) is 2.30. The number of halogens is 1. The molecule has 114 valence electrons. The fourth-order valence-electron chi connectivity index (χ4n) is 2.91. The van der Waals surface area contributed by atoms with Gasteiger partial charge in [0.05, 0.1) is 12.0 Å². The number of nitrogens with zero attached hydrogens (tertiary/aromatic N) is 1. The molecule has 1 aliphatic heterocycles. The molecular formula is C18H18ClNO2. The molecule has 1 unspecified atom stereocenters. The van der Waals surface area contributed by atoms with E-state index in [1.54, 1.807) is 17.9 Å². The third-order valence-electron chi connectivity index (χ3n) is 4.20. The SMILES string of the molecule is CC1(O)CCN(C(=O)Cc2ccccc2Cl)c2ccccc21. The molecule has 0 fully saturated rings. The minimum atomic E-state index is -0.891. The molecule has 1 heterocycles. The summed E-state index contributed by atoms with van der Waals surface area (Å²) in [5, 5.41) is 11.1. The van der Waals surface area contributed by atoms with Crippen molar-refractivity contribution in [2.75, 3.05) is 11.4 Å². The van der Waals surface area contributed by atoms with Crippen molar-refractivity contribution in [2.45, 2.75) is 25.4 Å². The van der Waals surface area contributed by atoms with Gasteiger partial charge in [0.1, 0.15) is 0 Å². The molecule has 2 aromatic rings. The second-order valence-electron chi connectivity index (χ2n) is 5.85. The van der Waals surface area contributed by atoms with Crippen molar-refractivity contribution in [3.05, 3.63) is 64.7 Å². The first-order chi connectivity index (χ1) is 10.5. The molecule has 3 nitrogen and oxygen atoms in total. The van der Waals surface area contributed by atoms with E-state index < -0.39 is 5.60 Å². The van der Waals surface area contributed by atoms with Crippen LogP contribution in [-0.2, 0) is 16.8 Å². The van der Waals surface area contributed by atoms with Crippen LogP contribution in [0.15, 0.2) is 48.5 Å².